The van der Waals surface area contributed by atoms with Crippen LogP contribution < -0.4 is 16.0 Å². The molecule has 3 N–H and O–H groups in total. The summed E-state index contributed by atoms with van der Waals surface area (Å²) >= 11 is 12.0. The molecule has 1 aliphatic heterocycles. The highest BCUT2D eigenvalue weighted by molar-refractivity contribution is 6.42. The quantitative estimate of drug-likeness (QED) is 0.749. The Hall–Kier alpha value is -2.50. The van der Waals surface area contributed by atoms with Gasteiger partial charge in [0.15, 0.2) is 0 Å². The van der Waals surface area contributed by atoms with Crippen molar-refractivity contribution in [1.82, 2.24) is 10.6 Å². The highest BCUT2D eigenvalue weighted by Crippen LogP contribution is 2.31. The summed E-state index contributed by atoms with van der Waals surface area (Å²) in [7, 11) is 0. The number of para-hydroxylation sites is 1. The summed E-state index contributed by atoms with van der Waals surface area (Å²) < 4.78 is 0. The van der Waals surface area contributed by atoms with Crippen molar-refractivity contribution in [1.29, 1.82) is 0 Å². The first-order chi connectivity index (χ1) is 12.0. The van der Waals surface area contributed by atoms with Crippen molar-refractivity contribution in [2.24, 2.45) is 0 Å². The van der Waals surface area contributed by atoms with Crippen molar-refractivity contribution in [3.05, 3.63) is 75.4 Å². The maximum atomic E-state index is 12.8. The maximum absolute atomic E-state index is 12.8. The first-order valence-electron chi connectivity index (χ1n) is 7.55. The second kappa shape index (κ2) is 7.17. The minimum absolute atomic E-state index is 0.313. The van der Waals surface area contributed by atoms with Gasteiger partial charge in [-0.2, -0.15) is 0 Å². The maximum Gasteiger partial charge on any atom is 0.319 e. The van der Waals surface area contributed by atoms with Crippen molar-refractivity contribution in [2.45, 2.75) is 13.0 Å². The van der Waals surface area contributed by atoms with Gasteiger partial charge in [-0.3, -0.25) is 4.79 Å². The molecule has 0 saturated carbocycles. The minimum Gasteiger partial charge on any atom is -0.327 e. The van der Waals surface area contributed by atoms with Crippen LogP contribution in [-0.4, -0.2) is 11.9 Å². The molecule has 0 fully saturated rings. The molecule has 0 unspecified atom stereocenters. The second-order valence-electron chi connectivity index (χ2n) is 5.56. The predicted molar refractivity (Wildman–Crippen MR) is 98.6 cm³/mol. The normalized spacial score (nSPS) is 16.9. The monoisotopic (exact) mass is 375 g/mol. The number of anilines is 1. The van der Waals surface area contributed by atoms with E-state index in [2.05, 4.69) is 16.0 Å². The summed E-state index contributed by atoms with van der Waals surface area (Å²) in [5, 5.41) is 8.98. The zero-order valence-corrected chi connectivity index (χ0v) is 14.8. The lowest BCUT2D eigenvalue weighted by Gasteiger charge is -2.28. The number of urea groups is 1. The fraction of sp³-hybridized carbons (Fsp3) is 0.111. The van der Waals surface area contributed by atoms with Gasteiger partial charge in [-0.15, -0.1) is 0 Å². The smallest absolute Gasteiger partial charge is 0.319 e. The van der Waals surface area contributed by atoms with Crippen LogP contribution >= 0.6 is 23.2 Å². The topological polar surface area (TPSA) is 70.2 Å². The lowest BCUT2D eigenvalue weighted by Crippen LogP contribution is -2.45. The Morgan fingerprint density at radius 1 is 1.08 bits per heavy atom. The van der Waals surface area contributed by atoms with Crippen molar-refractivity contribution in [3.63, 3.8) is 0 Å². The van der Waals surface area contributed by atoms with Crippen molar-refractivity contribution < 1.29 is 9.59 Å². The lowest BCUT2D eigenvalue weighted by atomic mass is 9.95. The highest BCUT2D eigenvalue weighted by Gasteiger charge is 2.31. The van der Waals surface area contributed by atoms with Crippen LogP contribution in [0.3, 0.4) is 0 Å². The van der Waals surface area contributed by atoms with Gasteiger partial charge in [-0.1, -0.05) is 47.5 Å². The Labute approximate surface area is 155 Å². The number of amides is 3. The molecule has 3 rings (SSSR count). The van der Waals surface area contributed by atoms with Crippen LogP contribution in [0.25, 0.3) is 0 Å². The van der Waals surface area contributed by atoms with Gasteiger partial charge in [-0.25, -0.2) is 4.79 Å². The molecule has 2 aromatic carbocycles. The summed E-state index contributed by atoms with van der Waals surface area (Å²) in [5.41, 5.74) is 2.22. The number of nitrogens with one attached hydrogen (secondary N) is 3. The Kier molecular flexibility index (Phi) is 4.97. The van der Waals surface area contributed by atoms with E-state index in [4.69, 9.17) is 23.2 Å². The first-order valence-corrected chi connectivity index (χ1v) is 8.31. The minimum atomic E-state index is -0.632. The summed E-state index contributed by atoms with van der Waals surface area (Å²) in [5.74, 6) is -0.313. The Morgan fingerprint density at radius 3 is 2.48 bits per heavy atom. The summed E-state index contributed by atoms with van der Waals surface area (Å²) in [4.78, 5) is 24.7. The van der Waals surface area contributed by atoms with Gasteiger partial charge in [0, 0.05) is 11.4 Å². The van der Waals surface area contributed by atoms with Crippen molar-refractivity contribution >= 4 is 40.8 Å². The van der Waals surface area contributed by atoms with Crippen LogP contribution in [0.2, 0.25) is 10.0 Å². The van der Waals surface area contributed by atoms with Gasteiger partial charge in [0.05, 0.1) is 21.7 Å². The van der Waals surface area contributed by atoms with Gasteiger partial charge in [0.1, 0.15) is 0 Å². The SMILES string of the molecule is CC1=C(C(=O)Nc2ccccc2)[C@H](c2ccc(Cl)c(Cl)c2)NC(=O)N1. The molecule has 1 aliphatic rings. The molecule has 128 valence electrons. The fourth-order valence-corrected chi connectivity index (χ4v) is 2.96. The molecule has 3 amide bonds. The lowest BCUT2D eigenvalue weighted by molar-refractivity contribution is -0.113. The Bertz CT molecular complexity index is 866. The molecule has 1 heterocycles. The summed E-state index contributed by atoms with van der Waals surface area (Å²) in [6, 6.07) is 13.1. The first kappa shape index (κ1) is 17.3. The number of hydrogen-bond acceptors (Lipinski definition) is 2. The van der Waals surface area contributed by atoms with Gasteiger partial charge in [0.25, 0.3) is 5.91 Å². The molecule has 0 spiro atoms. The highest BCUT2D eigenvalue weighted by atomic mass is 35.5. The van der Waals surface area contributed by atoms with Gasteiger partial charge in [0.2, 0.25) is 0 Å². The van der Waals surface area contributed by atoms with E-state index in [1.807, 2.05) is 18.2 Å². The standard InChI is InChI=1S/C18H15Cl2N3O2/c1-10-15(17(24)22-12-5-3-2-4-6-12)16(23-18(25)21-10)11-7-8-13(19)14(20)9-11/h2-9,16H,1H3,(H,22,24)(H2,21,23,25)/t16-/m0/s1. The number of halogens is 2. The van der Waals surface area contributed by atoms with Crippen LogP contribution in [0.1, 0.15) is 18.5 Å². The van der Waals surface area contributed by atoms with E-state index >= 15 is 0 Å². The van der Waals surface area contributed by atoms with Crippen LogP contribution in [0.4, 0.5) is 10.5 Å². The third-order valence-electron chi connectivity index (χ3n) is 3.82. The number of benzene rings is 2. The molecule has 0 saturated heterocycles. The molecule has 2 aromatic rings. The summed E-state index contributed by atoms with van der Waals surface area (Å²) in [6.45, 7) is 1.68. The third-order valence-corrected chi connectivity index (χ3v) is 4.56. The molecule has 0 aromatic heterocycles. The molecule has 1 atom stereocenters. The average molecular weight is 376 g/mol. The van der Waals surface area contributed by atoms with Gasteiger partial charge < -0.3 is 16.0 Å². The molecule has 0 radical (unpaired) electrons. The number of hydrogen-bond donors (Lipinski definition) is 3. The van der Waals surface area contributed by atoms with Crippen molar-refractivity contribution in [3.8, 4) is 0 Å². The molecular weight excluding hydrogens is 361 g/mol. The predicted octanol–water partition coefficient (Wildman–Crippen LogP) is 4.26. The Morgan fingerprint density at radius 2 is 1.80 bits per heavy atom. The molecule has 0 bridgehead atoms. The number of allylic oxidation sites excluding steroid dienone is 1. The zero-order chi connectivity index (χ0) is 18.0. The summed E-state index contributed by atoms with van der Waals surface area (Å²) in [6.07, 6.45) is 0. The van der Waals surface area contributed by atoms with E-state index in [0.717, 1.165) is 0 Å². The molecule has 0 aliphatic carbocycles. The van der Waals surface area contributed by atoms with E-state index in [-0.39, 0.29) is 11.9 Å². The number of carbonyl (C=O) groups excluding carboxylic acids is 2. The fourth-order valence-electron chi connectivity index (χ4n) is 2.66. The van der Waals surface area contributed by atoms with E-state index in [0.29, 0.717) is 32.6 Å². The van der Waals surface area contributed by atoms with E-state index in [1.165, 1.54) is 0 Å². The van der Waals surface area contributed by atoms with Gasteiger partial charge in [-0.05, 0) is 36.8 Å². The number of rotatable bonds is 3. The second-order valence-corrected chi connectivity index (χ2v) is 6.38. The Balaban J connectivity index is 1.97. The number of carbonyl (C=O) groups is 2. The van der Waals surface area contributed by atoms with E-state index < -0.39 is 6.04 Å². The molecule has 7 heteroatoms. The van der Waals surface area contributed by atoms with Gasteiger partial charge >= 0.3 is 6.03 Å². The van der Waals surface area contributed by atoms with E-state index in [1.54, 1.807) is 37.3 Å². The average Bonchev–Trinajstić information content (AvgIpc) is 2.57. The molecule has 5 nitrogen and oxygen atoms in total. The van der Waals surface area contributed by atoms with Crippen molar-refractivity contribution in [2.75, 3.05) is 5.32 Å². The zero-order valence-electron chi connectivity index (χ0n) is 13.3. The van der Waals surface area contributed by atoms with Crippen LogP contribution in [0.5, 0.6) is 0 Å². The largest absolute Gasteiger partial charge is 0.327 e. The molecular formula is C18H15Cl2N3O2. The van der Waals surface area contributed by atoms with E-state index in [9.17, 15) is 9.59 Å². The van der Waals surface area contributed by atoms with Crippen LogP contribution in [0.15, 0.2) is 59.8 Å². The van der Waals surface area contributed by atoms with Crippen LogP contribution in [0, 0.1) is 0 Å². The molecule has 25 heavy (non-hydrogen) atoms. The third kappa shape index (κ3) is 3.78. The van der Waals surface area contributed by atoms with Crippen LogP contribution in [-0.2, 0) is 4.79 Å².